The lowest BCUT2D eigenvalue weighted by molar-refractivity contribution is -0.285. The largest absolute Gasteiger partial charge is 0.497 e. The number of benzene rings is 1. The predicted molar refractivity (Wildman–Crippen MR) is 71.8 cm³/mol. The Labute approximate surface area is 122 Å². The molecular weight excluding hydrogens is 298 g/mol. The van der Waals surface area contributed by atoms with Gasteiger partial charge in [-0.25, -0.2) is 8.42 Å². The Morgan fingerprint density at radius 3 is 2.24 bits per heavy atom. The van der Waals surface area contributed by atoms with Crippen LogP contribution in [-0.4, -0.2) is 41.8 Å². The number of hydroxylamine groups is 2. The van der Waals surface area contributed by atoms with Crippen LogP contribution in [0.2, 0.25) is 0 Å². The molecule has 0 unspecified atom stereocenters. The molecule has 0 spiro atoms. The first kappa shape index (κ1) is 15.7. The van der Waals surface area contributed by atoms with E-state index in [9.17, 15) is 13.2 Å². The van der Waals surface area contributed by atoms with Crippen molar-refractivity contribution >= 4 is 15.7 Å². The second-order valence-corrected chi connectivity index (χ2v) is 7.42. The molecule has 0 aromatic heterocycles. The van der Waals surface area contributed by atoms with Crippen LogP contribution in [0.4, 0.5) is 0 Å². The zero-order chi connectivity index (χ0) is 15.7. The highest BCUT2D eigenvalue weighted by Crippen LogP contribution is 2.45. The highest BCUT2D eigenvalue weighted by molar-refractivity contribution is 7.93. The van der Waals surface area contributed by atoms with Gasteiger partial charge >= 0.3 is 0 Å². The third-order valence-electron chi connectivity index (χ3n) is 3.90. The number of amides is 1. The van der Waals surface area contributed by atoms with Gasteiger partial charge in [0, 0.05) is 0 Å². The molecule has 21 heavy (non-hydrogen) atoms. The molecule has 1 aliphatic carbocycles. The number of sulfone groups is 1. The summed E-state index contributed by atoms with van der Waals surface area (Å²) >= 11 is 0. The quantitative estimate of drug-likeness (QED) is 0.628. The van der Waals surface area contributed by atoms with Gasteiger partial charge < -0.3 is 4.74 Å². The number of carbonyl (C=O) groups is 1. The van der Waals surface area contributed by atoms with Crippen LogP contribution in [0.25, 0.3) is 0 Å². The van der Waals surface area contributed by atoms with E-state index in [1.54, 1.807) is 0 Å². The Morgan fingerprint density at radius 2 is 1.86 bits per heavy atom. The van der Waals surface area contributed by atoms with Crippen LogP contribution in [0, 0.1) is 0 Å². The molecule has 1 aliphatic rings. The van der Waals surface area contributed by atoms with E-state index in [1.165, 1.54) is 31.4 Å². The van der Waals surface area contributed by atoms with E-state index in [0.717, 1.165) is 0 Å². The maximum Gasteiger partial charge on any atom is 0.274 e. The maximum atomic E-state index is 12.7. The van der Waals surface area contributed by atoms with E-state index in [2.05, 4.69) is 0 Å². The minimum atomic E-state index is -3.74. The van der Waals surface area contributed by atoms with Gasteiger partial charge in [-0.05, 0) is 37.1 Å². The van der Waals surface area contributed by atoms with Crippen molar-refractivity contribution in [3.8, 4) is 5.75 Å². The Morgan fingerprint density at radius 1 is 1.29 bits per heavy atom. The van der Waals surface area contributed by atoms with Gasteiger partial charge in [0.25, 0.3) is 5.91 Å². The number of nitrogens with zero attached hydrogens (tertiary/aromatic N) is 1. The van der Waals surface area contributed by atoms with Gasteiger partial charge in [0.2, 0.25) is 0 Å². The summed E-state index contributed by atoms with van der Waals surface area (Å²) in [6.07, 6.45) is 0.871. The molecule has 0 radical (unpaired) electrons. The van der Waals surface area contributed by atoms with Crippen molar-refractivity contribution in [1.82, 2.24) is 5.23 Å². The molecule has 0 atom stereocenters. The van der Waals surface area contributed by atoms with Crippen molar-refractivity contribution < 1.29 is 28.4 Å². The monoisotopic (exact) mass is 315 g/mol. The lowest BCUT2D eigenvalue weighted by Gasteiger charge is -2.40. The van der Waals surface area contributed by atoms with Crippen molar-refractivity contribution in [3.63, 3.8) is 0 Å². The predicted octanol–water partition coefficient (Wildman–Crippen LogP) is 1.39. The van der Waals surface area contributed by atoms with Gasteiger partial charge in [0.15, 0.2) is 9.84 Å². The van der Waals surface area contributed by atoms with E-state index < -0.39 is 32.1 Å². The smallest absolute Gasteiger partial charge is 0.274 e. The molecule has 0 bridgehead atoms. The van der Waals surface area contributed by atoms with Gasteiger partial charge in [0.1, 0.15) is 5.75 Å². The Bertz CT molecular complexity index is 619. The highest BCUT2D eigenvalue weighted by Gasteiger charge is 2.51. The molecule has 0 heterocycles. The molecule has 2 rings (SSSR count). The van der Waals surface area contributed by atoms with Crippen molar-refractivity contribution in [3.05, 3.63) is 24.3 Å². The standard InChI is InChI=1S/C13H17NO6S/c1-20-10-3-5-11(6-4-10)21(18,19)13(7-2-8-13)9-12(15)14(16)17/h3-6,16-17H,2,7-9H2,1H3. The molecule has 2 N–H and O–H groups in total. The molecule has 0 saturated heterocycles. The summed E-state index contributed by atoms with van der Waals surface area (Å²) in [6.45, 7) is 0. The number of hydrogen-bond donors (Lipinski definition) is 2. The second kappa shape index (κ2) is 5.63. The van der Waals surface area contributed by atoms with Gasteiger partial charge in [0.05, 0.1) is 23.2 Å². The molecule has 1 aromatic carbocycles. The molecule has 0 aliphatic heterocycles. The maximum absolute atomic E-state index is 12.7. The summed E-state index contributed by atoms with van der Waals surface area (Å²) in [4.78, 5) is 11.6. The fourth-order valence-electron chi connectivity index (χ4n) is 2.46. The fraction of sp³-hybridized carbons (Fsp3) is 0.462. The molecule has 1 saturated carbocycles. The third kappa shape index (κ3) is 2.74. The van der Waals surface area contributed by atoms with Gasteiger partial charge in [-0.1, -0.05) is 11.6 Å². The summed E-state index contributed by atoms with van der Waals surface area (Å²) in [5.41, 5.74) is 0. The van der Waals surface area contributed by atoms with Crippen LogP contribution in [0.5, 0.6) is 5.75 Å². The summed E-state index contributed by atoms with van der Waals surface area (Å²) < 4.78 is 29.2. The fourth-order valence-corrected chi connectivity index (χ4v) is 4.60. The van der Waals surface area contributed by atoms with Crippen LogP contribution < -0.4 is 4.74 Å². The summed E-state index contributed by atoms with van der Waals surface area (Å²) in [5.74, 6) is -0.503. The van der Waals surface area contributed by atoms with Crippen LogP contribution in [0.1, 0.15) is 25.7 Å². The lowest BCUT2D eigenvalue weighted by Crippen LogP contribution is -2.48. The molecule has 1 fully saturated rings. The summed E-state index contributed by atoms with van der Waals surface area (Å²) in [6, 6.07) is 5.92. The van der Waals surface area contributed by atoms with Crippen molar-refractivity contribution in [2.75, 3.05) is 7.11 Å². The highest BCUT2D eigenvalue weighted by atomic mass is 32.2. The summed E-state index contributed by atoms with van der Waals surface area (Å²) in [7, 11) is -2.26. The first-order valence-electron chi connectivity index (χ1n) is 6.42. The van der Waals surface area contributed by atoms with Crippen molar-refractivity contribution in [2.45, 2.75) is 35.3 Å². The zero-order valence-electron chi connectivity index (χ0n) is 11.5. The number of rotatable bonds is 5. The molecule has 116 valence electrons. The molecule has 8 heteroatoms. The minimum absolute atomic E-state index is 0.0956. The van der Waals surface area contributed by atoms with Crippen LogP contribution in [0.3, 0.4) is 0 Å². The van der Waals surface area contributed by atoms with Crippen LogP contribution in [-0.2, 0) is 14.6 Å². The summed E-state index contributed by atoms with van der Waals surface area (Å²) in [5, 5.41) is 16.9. The molecule has 1 amide bonds. The SMILES string of the molecule is COc1ccc(S(=O)(=O)C2(CC(=O)N(O)O)CCC2)cc1. The number of methoxy groups -OCH3 is 1. The van der Waals surface area contributed by atoms with Crippen molar-refractivity contribution in [1.29, 1.82) is 0 Å². The Hall–Kier alpha value is -1.64. The molecule has 1 aromatic rings. The first-order valence-corrected chi connectivity index (χ1v) is 7.90. The van der Waals surface area contributed by atoms with Crippen molar-refractivity contribution in [2.24, 2.45) is 0 Å². The molecular formula is C13H17NO6S. The Kier molecular flexibility index (Phi) is 4.22. The van der Waals surface area contributed by atoms with E-state index in [4.69, 9.17) is 15.2 Å². The Balaban J connectivity index is 2.33. The average molecular weight is 315 g/mol. The zero-order valence-corrected chi connectivity index (χ0v) is 12.3. The van der Waals surface area contributed by atoms with Crippen LogP contribution >= 0.6 is 0 Å². The first-order chi connectivity index (χ1) is 9.82. The van der Waals surface area contributed by atoms with E-state index in [0.29, 0.717) is 25.0 Å². The number of hydrogen-bond acceptors (Lipinski definition) is 6. The van der Waals surface area contributed by atoms with Gasteiger partial charge in [-0.2, -0.15) is 0 Å². The van der Waals surface area contributed by atoms with E-state index in [1.807, 2.05) is 0 Å². The van der Waals surface area contributed by atoms with Gasteiger partial charge in [-0.15, -0.1) is 0 Å². The normalized spacial score (nSPS) is 16.9. The van der Waals surface area contributed by atoms with Crippen LogP contribution in [0.15, 0.2) is 29.2 Å². The number of ether oxygens (including phenoxy) is 1. The van der Waals surface area contributed by atoms with Gasteiger partial charge in [-0.3, -0.25) is 15.2 Å². The molecule has 7 nitrogen and oxygen atoms in total. The average Bonchev–Trinajstić information content (AvgIpc) is 2.42. The van der Waals surface area contributed by atoms with E-state index >= 15 is 0 Å². The van der Waals surface area contributed by atoms with E-state index in [-0.39, 0.29) is 4.90 Å². The topological polar surface area (TPSA) is 104 Å². The third-order valence-corrected chi connectivity index (χ3v) is 6.49. The minimum Gasteiger partial charge on any atom is -0.497 e. The lowest BCUT2D eigenvalue weighted by atomic mass is 9.81. The second-order valence-electron chi connectivity index (χ2n) is 5.08. The number of carbonyl (C=O) groups excluding carboxylic acids is 1.